The van der Waals surface area contributed by atoms with Gasteiger partial charge in [0, 0.05) is 12.8 Å². The monoisotopic (exact) mass is 325 g/mol. The molecule has 0 aliphatic heterocycles. The van der Waals surface area contributed by atoms with Crippen LogP contribution in [-0.2, 0) is 4.79 Å². The predicted octanol–water partition coefficient (Wildman–Crippen LogP) is 5.49. The van der Waals surface area contributed by atoms with Crippen molar-refractivity contribution >= 4 is 5.97 Å². The normalized spacial score (nSPS) is 12.0. The van der Waals surface area contributed by atoms with E-state index in [9.17, 15) is 14.9 Å². The van der Waals surface area contributed by atoms with Crippen LogP contribution < -0.4 is 0 Å². The van der Waals surface area contributed by atoms with Crippen LogP contribution in [0, 0.1) is 10.1 Å². The smallest absolute Gasteiger partial charge is 0.303 e. The number of hydrogen-bond donors (Lipinski definition) is 1. The maximum atomic E-state index is 11.0. The third kappa shape index (κ3) is 15.0. The van der Waals surface area contributed by atoms with E-state index in [0.29, 0.717) is 25.0 Å². The fraction of sp³-hybridized carbons (Fsp3) is 0.722. The topological polar surface area (TPSA) is 80.4 Å². The van der Waals surface area contributed by atoms with Gasteiger partial charge in [-0.15, -0.1) is 0 Å². The summed E-state index contributed by atoms with van der Waals surface area (Å²) in [5.41, 5.74) is 0.300. The molecular formula is C18H31NO4. The molecule has 5 nitrogen and oxygen atoms in total. The lowest BCUT2D eigenvalue weighted by Gasteiger charge is -2.00. The molecule has 5 heteroatoms. The minimum absolute atomic E-state index is 0.213. The molecule has 0 amide bonds. The molecule has 0 spiro atoms. The lowest BCUT2D eigenvalue weighted by molar-refractivity contribution is -0.428. The summed E-state index contributed by atoms with van der Waals surface area (Å²) in [4.78, 5) is 21.1. The van der Waals surface area contributed by atoms with E-state index < -0.39 is 5.97 Å². The quantitative estimate of drug-likeness (QED) is 0.187. The Hall–Kier alpha value is -1.65. The summed E-state index contributed by atoms with van der Waals surface area (Å²) in [5.74, 6) is -0.758. The molecule has 0 aromatic carbocycles. The Labute approximate surface area is 139 Å². The number of unbranched alkanes of at least 4 members (excludes halogenated alkanes) is 7. The molecule has 0 rings (SSSR count). The molecule has 0 fully saturated rings. The van der Waals surface area contributed by atoms with Gasteiger partial charge >= 0.3 is 5.97 Å². The second kappa shape index (κ2) is 15.3. The number of hydrogen-bond acceptors (Lipinski definition) is 3. The summed E-state index contributed by atoms with van der Waals surface area (Å²) in [7, 11) is 0. The summed E-state index contributed by atoms with van der Waals surface area (Å²) in [5, 5.41) is 19.5. The van der Waals surface area contributed by atoms with Gasteiger partial charge in [-0.05, 0) is 38.2 Å². The summed E-state index contributed by atoms with van der Waals surface area (Å²) in [6.45, 7) is 2.17. The highest BCUT2D eigenvalue weighted by atomic mass is 16.6. The van der Waals surface area contributed by atoms with Gasteiger partial charge in [-0.2, -0.15) is 0 Å². The largest absolute Gasteiger partial charge is 0.481 e. The Bertz CT molecular complexity index is 388. The molecule has 0 bridgehead atoms. The number of carbonyl (C=O) groups is 1. The van der Waals surface area contributed by atoms with E-state index in [1.807, 2.05) is 6.08 Å². The fourth-order valence-electron chi connectivity index (χ4n) is 2.31. The van der Waals surface area contributed by atoms with Crippen molar-refractivity contribution < 1.29 is 14.8 Å². The Morgan fingerprint density at radius 2 is 1.65 bits per heavy atom. The van der Waals surface area contributed by atoms with Gasteiger partial charge in [-0.3, -0.25) is 14.9 Å². The molecule has 0 unspecified atom stereocenters. The molecule has 0 radical (unpaired) electrons. The number of allylic oxidation sites excluding steroid dienone is 4. The molecule has 0 heterocycles. The first-order chi connectivity index (χ1) is 11.1. The lowest BCUT2D eigenvalue weighted by Crippen LogP contribution is -1.99. The first-order valence-corrected chi connectivity index (χ1v) is 8.78. The average molecular weight is 325 g/mol. The first-order valence-electron chi connectivity index (χ1n) is 8.78. The van der Waals surface area contributed by atoms with Crippen LogP contribution in [0.15, 0.2) is 23.9 Å². The van der Waals surface area contributed by atoms with E-state index in [2.05, 4.69) is 13.0 Å². The Morgan fingerprint density at radius 1 is 1.00 bits per heavy atom. The molecule has 0 atom stereocenters. The lowest BCUT2D eigenvalue weighted by atomic mass is 10.1. The van der Waals surface area contributed by atoms with Crippen molar-refractivity contribution in [2.24, 2.45) is 0 Å². The van der Waals surface area contributed by atoms with Gasteiger partial charge in [0.25, 0.3) is 0 Å². The number of nitrogens with zero attached hydrogens (tertiary/aromatic N) is 1. The Kier molecular flexibility index (Phi) is 14.2. The first kappa shape index (κ1) is 21.4. The second-order valence-electron chi connectivity index (χ2n) is 5.82. The zero-order chi connectivity index (χ0) is 17.3. The van der Waals surface area contributed by atoms with Gasteiger partial charge in [-0.1, -0.05) is 51.2 Å². The summed E-state index contributed by atoms with van der Waals surface area (Å²) in [6, 6.07) is 0. The van der Waals surface area contributed by atoms with Crippen molar-refractivity contribution in [2.75, 3.05) is 0 Å². The zero-order valence-corrected chi connectivity index (χ0v) is 14.3. The number of carboxylic acids is 1. The fourth-order valence-corrected chi connectivity index (χ4v) is 2.31. The Morgan fingerprint density at radius 3 is 2.26 bits per heavy atom. The molecule has 0 saturated heterocycles. The van der Waals surface area contributed by atoms with Gasteiger partial charge < -0.3 is 5.11 Å². The van der Waals surface area contributed by atoms with Crippen LogP contribution >= 0.6 is 0 Å². The van der Waals surface area contributed by atoms with Crippen LogP contribution in [0.3, 0.4) is 0 Å². The highest BCUT2D eigenvalue weighted by molar-refractivity contribution is 5.66. The summed E-state index contributed by atoms with van der Waals surface area (Å²) in [6.07, 6.45) is 16.0. The zero-order valence-electron chi connectivity index (χ0n) is 14.3. The van der Waals surface area contributed by atoms with Gasteiger partial charge in [0.15, 0.2) is 0 Å². The van der Waals surface area contributed by atoms with Crippen LogP contribution in [0.5, 0.6) is 0 Å². The van der Waals surface area contributed by atoms with Crippen molar-refractivity contribution in [1.82, 2.24) is 0 Å². The van der Waals surface area contributed by atoms with Crippen LogP contribution in [-0.4, -0.2) is 16.0 Å². The minimum Gasteiger partial charge on any atom is -0.481 e. The van der Waals surface area contributed by atoms with Crippen LogP contribution in [0.2, 0.25) is 0 Å². The third-order valence-electron chi connectivity index (χ3n) is 3.69. The van der Waals surface area contributed by atoms with Gasteiger partial charge in [0.05, 0.1) is 4.92 Å². The van der Waals surface area contributed by atoms with Crippen LogP contribution in [0.4, 0.5) is 0 Å². The van der Waals surface area contributed by atoms with E-state index >= 15 is 0 Å². The highest BCUT2D eigenvalue weighted by Crippen LogP contribution is 2.13. The average Bonchev–Trinajstić information content (AvgIpc) is 2.50. The molecule has 1 N–H and O–H groups in total. The Balaban J connectivity index is 3.82. The maximum absolute atomic E-state index is 11.0. The molecule has 23 heavy (non-hydrogen) atoms. The molecule has 0 aliphatic carbocycles. The number of carboxylic acid groups (broad SMARTS) is 1. The van der Waals surface area contributed by atoms with Gasteiger partial charge in [0.2, 0.25) is 5.70 Å². The molecular weight excluding hydrogens is 294 g/mol. The predicted molar refractivity (Wildman–Crippen MR) is 92.9 cm³/mol. The summed E-state index contributed by atoms with van der Waals surface area (Å²) >= 11 is 0. The number of rotatable bonds is 15. The van der Waals surface area contributed by atoms with E-state index in [1.54, 1.807) is 6.08 Å². The summed E-state index contributed by atoms with van der Waals surface area (Å²) < 4.78 is 0. The third-order valence-corrected chi connectivity index (χ3v) is 3.69. The maximum Gasteiger partial charge on any atom is 0.303 e. The molecule has 0 saturated carbocycles. The van der Waals surface area contributed by atoms with E-state index in [-0.39, 0.29) is 11.3 Å². The standard InChI is InChI=1S/C18H31NO4/c1-2-3-4-5-6-8-11-14-17(19(22)23)15-12-9-7-10-13-16-18(20)21/h6,8,14H,2-5,7,9-13,15-16H2,1H3,(H,20,21)/b8-6+,17-14+. The molecule has 0 aromatic rings. The number of aliphatic carboxylic acids is 1. The van der Waals surface area contributed by atoms with Crippen molar-refractivity contribution in [1.29, 1.82) is 0 Å². The van der Waals surface area contributed by atoms with Crippen molar-refractivity contribution in [3.05, 3.63) is 34.0 Å². The van der Waals surface area contributed by atoms with E-state index in [0.717, 1.165) is 32.1 Å². The highest BCUT2D eigenvalue weighted by Gasteiger charge is 2.08. The van der Waals surface area contributed by atoms with Gasteiger partial charge in [-0.25, -0.2) is 0 Å². The second-order valence-corrected chi connectivity index (χ2v) is 5.82. The van der Waals surface area contributed by atoms with Crippen LogP contribution in [0.25, 0.3) is 0 Å². The van der Waals surface area contributed by atoms with Gasteiger partial charge in [0.1, 0.15) is 0 Å². The molecule has 0 aliphatic rings. The van der Waals surface area contributed by atoms with Crippen molar-refractivity contribution in [3.63, 3.8) is 0 Å². The van der Waals surface area contributed by atoms with E-state index in [4.69, 9.17) is 5.11 Å². The van der Waals surface area contributed by atoms with Crippen LogP contribution in [0.1, 0.15) is 84.0 Å². The van der Waals surface area contributed by atoms with Crippen molar-refractivity contribution in [3.8, 4) is 0 Å². The minimum atomic E-state index is -0.758. The molecule has 0 aromatic heterocycles. The molecule has 132 valence electrons. The van der Waals surface area contributed by atoms with Crippen molar-refractivity contribution in [2.45, 2.75) is 84.0 Å². The van der Waals surface area contributed by atoms with E-state index in [1.165, 1.54) is 19.3 Å². The number of nitro groups is 1. The SMILES string of the molecule is CCCCC/C=C/C/C=C(\CCCCCCCC(=O)O)[N+](=O)[O-].